The lowest BCUT2D eigenvalue weighted by Crippen LogP contribution is -2.14. The van der Waals surface area contributed by atoms with Crippen LogP contribution in [0, 0.1) is 0 Å². The Bertz CT molecular complexity index is 480. The van der Waals surface area contributed by atoms with E-state index in [0.717, 1.165) is 17.9 Å². The highest BCUT2D eigenvalue weighted by atomic mass is 32.1. The summed E-state index contributed by atoms with van der Waals surface area (Å²) in [5, 5.41) is 7.36. The average molecular weight is 249 g/mol. The van der Waals surface area contributed by atoms with Gasteiger partial charge in [-0.2, -0.15) is 11.3 Å². The first-order valence-electron chi connectivity index (χ1n) is 4.77. The molecule has 2 aromatic heterocycles. The SMILES string of the molecule is NC(=S)c1cccnc1NCc1ccsc1. The fraction of sp³-hybridized carbons (Fsp3) is 0.0909. The van der Waals surface area contributed by atoms with Crippen molar-refractivity contribution in [2.45, 2.75) is 6.54 Å². The van der Waals surface area contributed by atoms with Gasteiger partial charge in [0.15, 0.2) is 0 Å². The van der Waals surface area contributed by atoms with E-state index in [1.165, 1.54) is 5.56 Å². The molecule has 0 spiro atoms. The van der Waals surface area contributed by atoms with Crippen LogP contribution in [0.25, 0.3) is 0 Å². The molecule has 0 saturated heterocycles. The second-order valence-corrected chi connectivity index (χ2v) is 4.47. The molecule has 0 bridgehead atoms. The van der Waals surface area contributed by atoms with Crippen LogP contribution in [-0.4, -0.2) is 9.97 Å². The van der Waals surface area contributed by atoms with Crippen LogP contribution in [0.2, 0.25) is 0 Å². The first kappa shape index (κ1) is 11.0. The minimum atomic E-state index is 0.362. The Hall–Kier alpha value is -1.46. The Kier molecular flexibility index (Phi) is 3.48. The summed E-state index contributed by atoms with van der Waals surface area (Å²) in [7, 11) is 0. The molecule has 0 aliphatic heterocycles. The van der Waals surface area contributed by atoms with Crippen molar-refractivity contribution < 1.29 is 0 Å². The summed E-state index contributed by atoms with van der Waals surface area (Å²) in [6, 6.07) is 5.76. The van der Waals surface area contributed by atoms with Crippen molar-refractivity contribution in [2.24, 2.45) is 5.73 Å². The smallest absolute Gasteiger partial charge is 0.136 e. The lowest BCUT2D eigenvalue weighted by molar-refractivity contribution is 1.12. The second kappa shape index (κ2) is 5.05. The Morgan fingerprint density at radius 3 is 3.06 bits per heavy atom. The predicted molar refractivity (Wildman–Crippen MR) is 71.8 cm³/mol. The van der Waals surface area contributed by atoms with E-state index >= 15 is 0 Å². The van der Waals surface area contributed by atoms with E-state index in [-0.39, 0.29) is 0 Å². The Balaban J connectivity index is 2.12. The van der Waals surface area contributed by atoms with Gasteiger partial charge in [0.05, 0.1) is 5.56 Å². The van der Waals surface area contributed by atoms with Gasteiger partial charge in [0.2, 0.25) is 0 Å². The van der Waals surface area contributed by atoms with E-state index in [0.29, 0.717) is 4.99 Å². The predicted octanol–water partition coefficient (Wildman–Crippen LogP) is 2.39. The Labute approximate surface area is 103 Å². The average Bonchev–Trinajstić information content (AvgIpc) is 2.79. The molecule has 0 aromatic carbocycles. The van der Waals surface area contributed by atoms with Crippen LogP contribution in [0.3, 0.4) is 0 Å². The number of anilines is 1. The fourth-order valence-electron chi connectivity index (χ4n) is 1.32. The van der Waals surface area contributed by atoms with Crippen molar-refractivity contribution >= 4 is 34.4 Å². The van der Waals surface area contributed by atoms with Crippen LogP contribution in [0.15, 0.2) is 35.2 Å². The molecular formula is C11H11N3S2. The minimum Gasteiger partial charge on any atom is -0.389 e. The number of rotatable bonds is 4. The van der Waals surface area contributed by atoms with Crippen molar-refractivity contribution in [3.63, 3.8) is 0 Å². The fourth-order valence-corrected chi connectivity index (χ4v) is 2.16. The molecule has 82 valence electrons. The van der Waals surface area contributed by atoms with Gasteiger partial charge in [-0.3, -0.25) is 0 Å². The third-order valence-corrected chi connectivity index (χ3v) is 3.07. The summed E-state index contributed by atoms with van der Waals surface area (Å²) in [6.07, 6.45) is 1.72. The van der Waals surface area contributed by atoms with E-state index in [1.807, 2.05) is 17.5 Å². The van der Waals surface area contributed by atoms with E-state index in [1.54, 1.807) is 17.5 Å². The van der Waals surface area contributed by atoms with Gasteiger partial charge in [-0.1, -0.05) is 12.2 Å². The maximum absolute atomic E-state index is 5.62. The van der Waals surface area contributed by atoms with E-state index in [4.69, 9.17) is 18.0 Å². The number of aromatic nitrogens is 1. The minimum absolute atomic E-state index is 0.362. The van der Waals surface area contributed by atoms with E-state index in [9.17, 15) is 0 Å². The van der Waals surface area contributed by atoms with Gasteiger partial charge in [-0.15, -0.1) is 0 Å². The molecular weight excluding hydrogens is 238 g/mol. The van der Waals surface area contributed by atoms with Crippen molar-refractivity contribution in [1.29, 1.82) is 0 Å². The highest BCUT2D eigenvalue weighted by molar-refractivity contribution is 7.80. The summed E-state index contributed by atoms with van der Waals surface area (Å²) in [5.74, 6) is 0.737. The van der Waals surface area contributed by atoms with E-state index in [2.05, 4.69) is 21.7 Å². The van der Waals surface area contributed by atoms with Gasteiger partial charge in [0.25, 0.3) is 0 Å². The molecule has 0 fully saturated rings. The molecule has 5 heteroatoms. The molecule has 0 aliphatic rings. The zero-order valence-corrected chi connectivity index (χ0v) is 10.1. The number of nitrogens with one attached hydrogen (secondary N) is 1. The summed E-state index contributed by atoms with van der Waals surface area (Å²) >= 11 is 6.64. The van der Waals surface area contributed by atoms with Gasteiger partial charge in [0.1, 0.15) is 10.8 Å². The molecule has 2 aromatic rings. The third kappa shape index (κ3) is 2.56. The quantitative estimate of drug-likeness (QED) is 0.817. The molecule has 0 radical (unpaired) electrons. The highest BCUT2D eigenvalue weighted by Crippen LogP contribution is 2.13. The standard InChI is InChI=1S/C11H11N3S2/c12-10(15)9-2-1-4-13-11(9)14-6-8-3-5-16-7-8/h1-5,7H,6H2,(H2,12,15)(H,13,14). The molecule has 16 heavy (non-hydrogen) atoms. The van der Waals surface area contributed by atoms with Crippen LogP contribution in [0.5, 0.6) is 0 Å². The zero-order chi connectivity index (χ0) is 11.4. The summed E-state index contributed by atoms with van der Waals surface area (Å²) in [6.45, 7) is 0.732. The lowest BCUT2D eigenvalue weighted by Gasteiger charge is -2.08. The molecule has 0 aliphatic carbocycles. The number of hydrogen-bond donors (Lipinski definition) is 2. The van der Waals surface area contributed by atoms with Gasteiger partial charge < -0.3 is 11.1 Å². The zero-order valence-electron chi connectivity index (χ0n) is 8.51. The summed E-state index contributed by atoms with van der Waals surface area (Å²) in [4.78, 5) is 4.59. The van der Waals surface area contributed by atoms with Crippen molar-refractivity contribution in [3.05, 3.63) is 46.3 Å². The number of thiophene rings is 1. The van der Waals surface area contributed by atoms with E-state index < -0.39 is 0 Å². The van der Waals surface area contributed by atoms with Gasteiger partial charge in [-0.05, 0) is 34.5 Å². The number of hydrogen-bond acceptors (Lipinski definition) is 4. The van der Waals surface area contributed by atoms with Crippen LogP contribution in [0.1, 0.15) is 11.1 Å². The number of nitrogens with zero attached hydrogens (tertiary/aromatic N) is 1. The first-order valence-corrected chi connectivity index (χ1v) is 6.12. The number of nitrogens with two attached hydrogens (primary N) is 1. The highest BCUT2D eigenvalue weighted by Gasteiger charge is 2.05. The first-order chi connectivity index (χ1) is 7.77. The molecule has 0 saturated carbocycles. The number of thiocarbonyl (C=S) groups is 1. The van der Waals surface area contributed by atoms with Crippen molar-refractivity contribution in [2.75, 3.05) is 5.32 Å². The second-order valence-electron chi connectivity index (χ2n) is 3.25. The van der Waals surface area contributed by atoms with Gasteiger partial charge in [0, 0.05) is 12.7 Å². The third-order valence-electron chi connectivity index (χ3n) is 2.11. The largest absolute Gasteiger partial charge is 0.389 e. The molecule has 2 heterocycles. The maximum Gasteiger partial charge on any atom is 0.136 e. The maximum atomic E-state index is 5.62. The monoisotopic (exact) mass is 249 g/mol. The Morgan fingerprint density at radius 2 is 2.38 bits per heavy atom. The van der Waals surface area contributed by atoms with Crippen LogP contribution in [0.4, 0.5) is 5.82 Å². The van der Waals surface area contributed by atoms with Crippen LogP contribution < -0.4 is 11.1 Å². The number of pyridine rings is 1. The molecule has 2 rings (SSSR count). The lowest BCUT2D eigenvalue weighted by atomic mass is 10.2. The molecule has 0 unspecified atom stereocenters. The van der Waals surface area contributed by atoms with Gasteiger partial charge in [-0.25, -0.2) is 4.98 Å². The Morgan fingerprint density at radius 1 is 1.50 bits per heavy atom. The van der Waals surface area contributed by atoms with Crippen LogP contribution in [-0.2, 0) is 6.54 Å². The van der Waals surface area contributed by atoms with Crippen molar-refractivity contribution in [1.82, 2.24) is 4.98 Å². The molecule has 3 N–H and O–H groups in total. The molecule has 3 nitrogen and oxygen atoms in total. The van der Waals surface area contributed by atoms with Crippen LogP contribution >= 0.6 is 23.6 Å². The molecule has 0 amide bonds. The normalized spacial score (nSPS) is 10.0. The topological polar surface area (TPSA) is 50.9 Å². The van der Waals surface area contributed by atoms with Crippen molar-refractivity contribution in [3.8, 4) is 0 Å². The summed E-state index contributed by atoms with van der Waals surface area (Å²) < 4.78 is 0. The van der Waals surface area contributed by atoms with Gasteiger partial charge >= 0.3 is 0 Å². The molecule has 0 atom stereocenters. The summed E-state index contributed by atoms with van der Waals surface area (Å²) in [5.41, 5.74) is 7.63.